The smallest absolute Gasteiger partial charge is 0.248 e. The molecule has 3 aliphatic rings. The summed E-state index contributed by atoms with van der Waals surface area (Å²) in [6.07, 6.45) is 8.74. The first-order valence-electron chi connectivity index (χ1n) is 13.5. The van der Waals surface area contributed by atoms with Gasteiger partial charge in [-0.1, -0.05) is 12.1 Å². The molecule has 0 bridgehead atoms. The molecule has 1 aromatic carbocycles. The van der Waals surface area contributed by atoms with E-state index in [-0.39, 0.29) is 24.9 Å². The molecule has 0 spiro atoms. The van der Waals surface area contributed by atoms with E-state index in [4.69, 9.17) is 9.72 Å². The number of ether oxygens (including phenoxy) is 1. The Balaban J connectivity index is 1.16. The molecule has 1 aliphatic carbocycles. The summed E-state index contributed by atoms with van der Waals surface area (Å²) in [5, 5.41) is 6.58. The van der Waals surface area contributed by atoms with E-state index in [1.165, 1.54) is 0 Å². The van der Waals surface area contributed by atoms with Crippen LogP contribution in [0, 0.1) is 5.92 Å². The van der Waals surface area contributed by atoms with Gasteiger partial charge in [-0.25, -0.2) is 23.7 Å². The molecule has 0 radical (unpaired) electrons. The van der Waals surface area contributed by atoms with E-state index in [1.54, 1.807) is 6.20 Å². The van der Waals surface area contributed by atoms with Gasteiger partial charge in [0.25, 0.3) is 0 Å². The Kier molecular flexibility index (Phi) is 6.82. The van der Waals surface area contributed by atoms with Crippen LogP contribution in [0.3, 0.4) is 0 Å². The molecular weight excluding hydrogens is 488 g/mol. The number of likely N-dealkylation sites (tertiary alicyclic amines) is 1. The molecule has 0 unspecified atom stereocenters. The first-order chi connectivity index (χ1) is 18.4. The fourth-order valence-corrected chi connectivity index (χ4v) is 5.46. The van der Waals surface area contributed by atoms with Crippen molar-refractivity contribution in [1.82, 2.24) is 24.8 Å². The molecule has 2 N–H and O–H groups in total. The molecule has 6 rings (SSSR count). The van der Waals surface area contributed by atoms with Crippen molar-refractivity contribution in [1.29, 1.82) is 0 Å². The molecule has 8 nitrogen and oxygen atoms in total. The molecule has 2 aromatic heterocycles. The second-order valence-corrected chi connectivity index (χ2v) is 10.7. The molecule has 2 aliphatic heterocycles. The number of hydrogen-bond acceptors (Lipinski definition) is 8. The number of rotatable bonds is 6. The Hall–Kier alpha value is -3.40. The zero-order valence-electron chi connectivity index (χ0n) is 21.6. The SMILES string of the molecule is CN1CCC(Oc2cnc3ccc(C4=CCNc5nc(NCC6CCC(F)(F)CC6)ncc54)cc3n2)CC1. The third kappa shape index (κ3) is 5.55. The Labute approximate surface area is 220 Å². The first-order valence-corrected chi connectivity index (χ1v) is 13.5. The van der Waals surface area contributed by atoms with Crippen LogP contribution in [0.1, 0.15) is 49.7 Å². The molecule has 0 atom stereocenters. The summed E-state index contributed by atoms with van der Waals surface area (Å²) >= 11 is 0. The van der Waals surface area contributed by atoms with Crippen LogP contribution >= 0.6 is 0 Å². The monoisotopic (exact) mass is 521 g/mol. The van der Waals surface area contributed by atoms with Gasteiger partial charge in [-0.3, -0.25) is 0 Å². The van der Waals surface area contributed by atoms with Crippen molar-refractivity contribution < 1.29 is 13.5 Å². The van der Waals surface area contributed by atoms with Crippen LogP contribution in [0.2, 0.25) is 0 Å². The van der Waals surface area contributed by atoms with Crippen LogP contribution in [-0.4, -0.2) is 70.1 Å². The summed E-state index contributed by atoms with van der Waals surface area (Å²) in [5.41, 5.74) is 4.55. The van der Waals surface area contributed by atoms with E-state index >= 15 is 0 Å². The minimum absolute atomic E-state index is 0.0396. The Morgan fingerprint density at radius 1 is 1.05 bits per heavy atom. The lowest BCUT2D eigenvalue weighted by Crippen LogP contribution is -2.35. The number of nitrogens with zero attached hydrogens (tertiary/aromatic N) is 5. The second-order valence-electron chi connectivity index (χ2n) is 10.7. The molecule has 3 aromatic rings. The van der Waals surface area contributed by atoms with Gasteiger partial charge in [0.1, 0.15) is 11.9 Å². The third-order valence-corrected chi connectivity index (χ3v) is 7.82. The van der Waals surface area contributed by atoms with Gasteiger partial charge in [-0.05, 0) is 61.9 Å². The summed E-state index contributed by atoms with van der Waals surface area (Å²) in [5.74, 6) is -0.480. The van der Waals surface area contributed by atoms with Gasteiger partial charge in [0.05, 0.1) is 17.2 Å². The Morgan fingerprint density at radius 2 is 1.87 bits per heavy atom. The van der Waals surface area contributed by atoms with Crippen LogP contribution in [0.15, 0.2) is 36.7 Å². The first kappa shape index (κ1) is 24.9. The maximum absolute atomic E-state index is 13.4. The van der Waals surface area contributed by atoms with E-state index in [9.17, 15) is 8.78 Å². The molecule has 2 fully saturated rings. The van der Waals surface area contributed by atoms with Crippen molar-refractivity contribution in [2.45, 2.75) is 50.6 Å². The number of fused-ring (bicyclic) bond motifs is 2. The predicted octanol–water partition coefficient (Wildman–Crippen LogP) is 4.99. The van der Waals surface area contributed by atoms with Crippen molar-refractivity contribution in [3.8, 4) is 5.88 Å². The summed E-state index contributed by atoms with van der Waals surface area (Å²) in [6, 6.07) is 6.06. The van der Waals surface area contributed by atoms with Crippen LogP contribution in [0.25, 0.3) is 16.6 Å². The highest BCUT2D eigenvalue weighted by Gasteiger charge is 2.34. The normalized spacial score (nSPS) is 20.4. The number of alkyl halides is 2. The number of aromatic nitrogens is 4. The fourth-order valence-electron chi connectivity index (χ4n) is 5.46. The quantitative estimate of drug-likeness (QED) is 0.469. The standard InChI is InChI=1S/C28H33F2N7O/c1-37-12-7-20(8-13-37)38-25-17-32-23-3-2-19(14-24(23)35-25)21-6-11-31-26-22(21)16-34-27(36-26)33-15-18-4-9-28(29,30)10-5-18/h2-3,6,14,16-18,20H,4-5,7-13,15H2,1H3,(H2,31,33,34,36). The minimum atomic E-state index is -2.51. The van der Waals surface area contributed by atoms with Crippen molar-refractivity contribution in [2.75, 3.05) is 43.9 Å². The Morgan fingerprint density at radius 3 is 2.68 bits per heavy atom. The number of anilines is 2. The van der Waals surface area contributed by atoms with E-state index in [1.807, 2.05) is 24.4 Å². The number of nitrogens with one attached hydrogen (secondary N) is 2. The van der Waals surface area contributed by atoms with Crippen molar-refractivity contribution in [2.24, 2.45) is 5.92 Å². The van der Waals surface area contributed by atoms with Gasteiger partial charge in [0, 0.05) is 50.8 Å². The molecule has 1 saturated carbocycles. The van der Waals surface area contributed by atoms with Crippen LogP contribution in [0.4, 0.5) is 20.5 Å². The highest BCUT2D eigenvalue weighted by molar-refractivity contribution is 5.90. The van der Waals surface area contributed by atoms with Gasteiger partial charge < -0.3 is 20.3 Å². The molecule has 1 saturated heterocycles. The van der Waals surface area contributed by atoms with Crippen LogP contribution < -0.4 is 15.4 Å². The number of halogens is 2. The zero-order chi connectivity index (χ0) is 26.1. The topological polar surface area (TPSA) is 88.1 Å². The van der Waals surface area contributed by atoms with Gasteiger partial charge in [0.2, 0.25) is 17.8 Å². The van der Waals surface area contributed by atoms with Crippen LogP contribution in [-0.2, 0) is 0 Å². The van der Waals surface area contributed by atoms with E-state index in [2.05, 4.69) is 43.6 Å². The zero-order valence-corrected chi connectivity index (χ0v) is 21.6. The second kappa shape index (κ2) is 10.4. The number of hydrogen-bond donors (Lipinski definition) is 2. The average molecular weight is 522 g/mol. The third-order valence-electron chi connectivity index (χ3n) is 7.82. The van der Waals surface area contributed by atoms with Gasteiger partial charge >= 0.3 is 0 Å². The maximum Gasteiger partial charge on any atom is 0.248 e. The Bertz CT molecular complexity index is 1330. The van der Waals surface area contributed by atoms with Crippen molar-refractivity contribution in [3.63, 3.8) is 0 Å². The summed E-state index contributed by atoms with van der Waals surface area (Å²) in [7, 11) is 2.13. The van der Waals surface area contributed by atoms with E-state index < -0.39 is 5.92 Å². The van der Waals surface area contributed by atoms with Gasteiger partial charge in [0.15, 0.2) is 0 Å². The summed E-state index contributed by atoms with van der Waals surface area (Å²) in [4.78, 5) is 20.8. The highest BCUT2D eigenvalue weighted by atomic mass is 19.3. The average Bonchev–Trinajstić information content (AvgIpc) is 2.93. The predicted molar refractivity (Wildman–Crippen MR) is 144 cm³/mol. The van der Waals surface area contributed by atoms with Crippen molar-refractivity contribution >= 4 is 28.4 Å². The van der Waals surface area contributed by atoms with E-state index in [0.717, 1.165) is 59.5 Å². The fraction of sp³-hybridized carbons (Fsp3) is 0.500. The lowest BCUT2D eigenvalue weighted by atomic mass is 9.87. The van der Waals surface area contributed by atoms with Gasteiger partial charge in [-0.15, -0.1) is 0 Å². The lowest BCUT2D eigenvalue weighted by Gasteiger charge is -2.28. The van der Waals surface area contributed by atoms with Gasteiger partial charge in [-0.2, -0.15) is 4.98 Å². The van der Waals surface area contributed by atoms with Crippen LogP contribution in [0.5, 0.6) is 5.88 Å². The van der Waals surface area contributed by atoms with E-state index in [0.29, 0.717) is 37.8 Å². The summed E-state index contributed by atoms with van der Waals surface area (Å²) < 4.78 is 33.0. The maximum atomic E-state index is 13.4. The molecule has 10 heteroatoms. The summed E-state index contributed by atoms with van der Waals surface area (Å²) in [6.45, 7) is 3.29. The number of piperidine rings is 1. The molecule has 4 heterocycles. The lowest BCUT2D eigenvalue weighted by molar-refractivity contribution is -0.0443. The molecular formula is C28H33F2N7O. The molecule has 38 heavy (non-hydrogen) atoms. The highest BCUT2D eigenvalue weighted by Crippen LogP contribution is 2.36. The largest absolute Gasteiger partial charge is 0.473 e. The molecule has 200 valence electrons. The minimum Gasteiger partial charge on any atom is -0.473 e. The van der Waals surface area contributed by atoms with Crippen molar-refractivity contribution in [3.05, 3.63) is 47.8 Å². The number of benzene rings is 1. The molecule has 0 amide bonds.